The van der Waals surface area contributed by atoms with Crippen molar-refractivity contribution in [3.05, 3.63) is 34.5 Å². The van der Waals surface area contributed by atoms with E-state index in [9.17, 15) is 4.79 Å². The summed E-state index contributed by atoms with van der Waals surface area (Å²) in [6.07, 6.45) is 1.23. The molecule has 0 saturated carbocycles. The lowest BCUT2D eigenvalue weighted by Crippen LogP contribution is -2.14. The maximum Gasteiger partial charge on any atom is 0.278 e. The zero-order valence-corrected chi connectivity index (χ0v) is 11.5. The minimum atomic E-state index is -0.359. The Bertz CT molecular complexity index is 653. The maximum absolute atomic E-state index is 12.1. The van der Waals surface area contributed by atoms with Crippen LogP contribution in [0.15, 0.2) is 27.4 Å². The molecule has 1 aliphatic heterocycles. The van der Waals surface area contributed by atoms with Gasteiger partial charge in [0.1, 0.15) is 5.76 Å². The molecule has 0 bridgehead atoms. The van der Waals surface area contributed by atoms with Gasteiger partial charge < -0.3 is 19.2 Å². The first-order chi connectivity index (χ1) is 9.15. The molecule has 1 aliphatic rings. The summed E-state index contributed by atoms with van der Waals surface area (Å²) in [6.45, 7) is 1.81. The van der Waals surface area contributed by atoms with Gasteiger partial charge in [-0.1, -0.05) is 15.9 Å². The van der Waals surface area contributed by atoms with Crippen LogP contribution in [0.25, 0.3) is 0 Å². The van der Waals surface area contributed by atoms with E-state index in [1.54, 1.807) is 19.1 Å². The average molecular weight is 325 g/mol. The molecule has 0 unspecified atom stereocenters. The van der Waals surface area contributed by atoms with Gasteiger partial charge in [0, 0.05) is 4.47 Å². The fourth-order valence-electron chi connectivity index (χ4n) is 1.77. The van der Waals surface area contributed by atoms with Crippen LogP contribution in [0, 0.1) is 6.92 Å². The lowest BCUT2D eigenvalue weighted by Gasteiger charge is -2.07. The molecule has 0 spiro atoms. The Balaban J connectivity index is 1.92. The van der Waals surface area contributed by atoms with Crippen LogP contribution in [-0.4, -0.2) is 17.7 Å². The third-order valence-electron chi connectivity index (χ3n) is 2.65. The molecule has 0 fully saturated rings. The van der Waals surface area contributed by atoms with E-state index < -0.39 is 0 Å². The van der Waals surface area contributed by atoms with Crippen molar-refractivity contribution >= 4 is 27.5 Å². The van der Waals surface area contributed by atoms with Gasteiger partial charge in [-0.2, -0.15) is 0 Å². The van der Waals surface area contributed by atoms with Crippen LogP contribution in [0.1, 0.15) is 16.2 Å². The molecular formula is C12H9BrN2O4. The number of carbonyl (C=O) groups is 1. The van der Waals surface area contributed by atoms with E-state index in [4.69, 9.17) is 13.9 Å². The topological polar surface area (TPSA) is 73.6 Å². The molecule has 3 rings (SSSR count). The first-order valence-electron chi connectivity index (χ1n) is 5.46. The van der Waals surface area contributed by atoms with Crippen molar-refractivity contribution in [3.63, 3.8) is 0 Å². The van der Waals surface area contributed by atoms with Gasteiger partial charge in [-0.05, 0) is 19.1 Å². The van der Waals surface area contributed by atoms with E-state index in [1.807, 2.05) is 0 Å². The van der Waals surface area contributed by atoms with Crippen LogP contribution in [0.2, 0.25) is 0 Å². The van der Waals surface area contributed by atoms with Gasteiger partial charge in [-0.3, -0.25) is 4.79 Å². The van der Waals surface area contributed by atoms with E-state index >= 15 is 0 Å². The predicted molar refractivity (Wildman–Crippen MR) is 69.5 cm³/mol. The number of nitrogens with one attached hydrogen (secondary N) is 1. The van der Waals surface area contributed by atoms with Crippen molar-refractivity contribution in [1.82, 2.24) is 4.98 Å². The highest BCUT2D eigenvalue weighted by molar-refractivity contribution is 9.10. The van der Waals surface area contributed by atoms with Gasteiger partial charge in [0.25, 0.3) is 5.91 Å². The van der Waals surface area contributed by atoms with Crippen LogP contribution < -0.4 is 14.8 Å². The third-order valence-corrected chi connectivity index (χ3v) is 3.10. The molecule has 0 aliphatic carbocycles. The van der Waals surface area contributed by atoms with Crippen LogP contribution >= 0.6 is 15.9 Å². The summed E-state index contributed by atoms with van der Waals surface area (Å²) >= 11 is 3.35. The van der Waals surface area contributed by atoms with Crippen molar-refractivity contribution in [2.75, 3.05) is 12.1 Å². The van der Waals surface area contributed by atoms with Crippen molar-refractivity contribution in [3.8, 4) is 11.5 Å². The second kappa shape index (κ2) is 4.58. The smallest absolute Gasteiger partial charge is 0.278 e. The number of aryl methyl sites for hydroxylation is 1. The van der Waals surface area contributed by atoms with E-state index in [0.717, 1.165) is 4.47 Å². The third kappa shape index (κ3) is 2.17. The van der Waals surface area contributed by atoms with Gasteiger partial charge in [-0.15, -0.1) is 0 Å². The fourth-order valence-corrected chi connectivity index (χ4v) is 2.21. The van der Waals surface area contributed by atoms with Crippen LogP contribution in [0.3, 0.4) is 0 Å². The monoisotopic (exact) mass is 324 g/mol. The number of halogens is 1. The maximum atomic E-state index is 12.1. The number of hydrogen-bond donors (Lipinski definition) is 1. The Kier molecular flexibility index (Phi) is 2.90. The molecular weight excluding hydrogens is 316 g/mol. The van der Waals surface area contributed by atoms with Crippen molar-refractivity contribution in [2.45, 2.75) is 6.92 Å². The molecule has 1 N–H and O–H groups in total. The zero-order chi connectivity index (χ0) is 13.4. The average Bonchev–Trinajstić information content (AvgIpc) is 2.97. The Morgan fingerprint density at radius 1 is 1.42 bits per heavy atom. The highest BCUT2D eigenvalue weighted by Crippen LogP contribution is 2.41. The van der Waals surface area contributed by atoms with Crippen molar-refractivity contribution < 1.29 is 18.7 Å². The predicted octanol–water partition coefficient (Wildman–Crippen LogP) is 2.73. The molecule has 7 heteroatoms. The van der Waals surface area contributed by atoms with Gasteiger partial charge in [0.2, 0.25) is 6.79 Å². The largest absolute Gasteiger partial charge is 0.453 e. The second-order valence-corrected chi connectivity index (χ2v) is 4.81. The van der Waals surface area contributed by atoms with Gasteiger partial charge in [0.05, 0.1) is 5.69 Å². The number of rotatable bonds is 2. The number of oxazole rings is 1. The molecule has 6 nitrogen and oxygen atoms in total. The first-order valence-corrected chi connectivity index (χ1v) is 6.25. The molecule has 2 aromatic rings. The van der Waals surface area contributed by atoms with Crippen LogP contribution in [0.5, 0.6) is 11.5 Å². The highest BCUT2D eigenvalue weighted by atomic mass is 79.9. The second-order valence-electron chi connectivity index (χ2n) is 3.90. The lowest BCUT2D eigenvalue weighted by atomic mass is 10.2. The fraction of sp³-hybridized carbons (Fsp3) is 0.167. The minimum Gasteiger partial charge on any atom is -0.453 e. The number of carbonyl (C=O) groups excluding carboxylic acids is 1. The van der Waals surface area contributed by atoms with E-state index in [-0.39, 0.29) is 18.4 Å². The van der Waals surface area contributed by atoms with Gasteiger partial charge in [0.15, 0.2) is 23.6 Å². The normalized spacial score (nSPS) is 12.5. The van der Waals surface area contributed by atoms with E-state index in [0.29, 0.717) is 22.9 Å². The summed E-state index contributed by atoms with van der Waals surface area (Å²) in [5, 5.41) is 2.73. The van der Waals surface area contributed by atoms with E-state index in [2.05, 4.69) is 26.2 Å². The van der Waals surface area contributed by atoms with Gasteiger partial charge >= 0.3 is 0 Å². The van der Waals surface area contributed by atoms with Crippen molar-refractivity contribution in [1.29, 1.82) is 0 Å². The Morgan fingerprint density at radius 3 is 3.00 bits per heavy atom. The molecule has 0 saturated heterocycles. The summed E-state index contributed by atoms with van der Waals surface area (Å²) in [6, 6.07) is 3.51. The number of anilines is 1. The molecule has 19 heavy (non-hydrogen) atoms. The van der Waals surface area contributed by atoms with Crippen molar-refractivity contribution in [2.24, 2.45) is 0 Å². The highest BCUT2D eigenvalue weighted by Gasteiger charge is 2.22. The molecule has 1 aromatic carbocycles. The number of benzene rings is 1. The first kappa shape index (κ1) is 12.0. The number of aromatic nitrogens is 1. The quantitative estimate of drug-likeness (QED) is 0.919. The number of fused-ring (bicyclic) bond motifs is 1. The Hall–Kier alpha value is -2.02. The molecule has 1 amide bonds. The SMILES string of the molecule is Cc1ocnc1C(=O)Nc1cc(Br)cc2c1OCO2. The van der Waals surface area contributed by atoms with Crippen LogP contribution in [-0.2, 0) is 0 Å². The summed E-state index contributed by atoms with van der Waals surface area (Å²) in [7, 11) is 0. The molecule has 1 aromatic heterocycles. The van der Waals surface area contributed by atoms with Crippen LogP contribution in [0.4, 0.5) is 5.69 Å². The summed E-state index contributed by atoms with van der Waals surface area (Å²) < 4.78 is 16.4. The van der Waals surface area contributed by atoms with Gasteiger partial charge in [-0.25, -0.2) is 4.98 Å². The molecule has 0 radical (unpaired) electrons. The molecule has 0 atom stereocenters. The zero-order valence-electron chi connectivity index (χ0n) is 9.90. The number of hydrogen-bond acceptors (Lipinski definition) is 5. The number of amides is 1. The lowest BCUT2D eigenvalue weighted by molar-refractivity contribution is 0.102. The number of ether oxygens (including phenoxy) is 2. The Labute approximate surface area is 116 Å². The summed E-state index contributed by atoms with van der Waals surface area (Å²) in [5.41, 5.74) is 0.766. The summed E-state index contributed by atoms with van der Waals surface area (Å²) in [4.78, 5) is 15.9. The van der Waals surface area contributed by atoms with E-state index in [1.165, 1.54) is 6.39 Å². The number of nitrogens with zero attached hydrogens (tertiary/aromatic N) is 1. The summed E-state index contributed by atoms with van der Waals surface area (Å²) in [5.74, 6) is 1.20. The molecule has 2 heterocycles. The standard InChI is InChI=1S/C12H9BrN2O4/c1-6-10(14-4-17-6)12(16)15-8-2-7(13)3-9-11(8)19-5-18-9/h2-4H,5H2,1H3,(H,15,16). The molecule has 98 valence electrons. The minimum absolute atomic E-state index is 0.137. The Morgan fingerprint density at radius 2 is 2.26 bits per heavy atom.